The van der Waals surface area contributed by atoms with Gasteiger partial charge >= 0.3 is 8.60 Å². The molecule has 3 nitrogen and oxygen atoms in total. The quantitative estimate of drug-likeness (QED) is 0.589. The molecule has 0 bridgehead atoms. The fourth-order valence-corrected chi connectivity index (χ4v) is 1.39. The molecule has 12 heavy (non-hydrogen) atoms. The van der Waals surface area contributed by atoms with Gasteiger partial charge in [-0.15, -0.1) is 0 Å². The van der Waals surface area contributed by atoms with E-state index in [0.29, 0.717) is 5.56 Å². The Morgan fingerprint density at radius 3 is 2.33 bits per heavy atom. The zero-order valence-corrected chi connectivity index (χ0v) is 7.74. The molecule has 0 aromatic heterocycles. The van der Waals surface area contributed by atoms with Crippen molar-refractivity contribution in [2.75, 3.05) is 0 Å². The van der Waals surface area contributed by atoms with Crippen molar-refractivity contribution in [3.05, 3.63) is 35.9 Å². The first-order chi connectivity index (χ1) is 5.70. The van der Waals surface area contributed by atoms with Crippen LogP contribution in [0.5, 0.6) is 0 Å². The zero-order valence-electron chi connectivity index (χ0n) is 6.09. The summed E-state index contributed by atoms with van der Waals surface area (Å²) in [7, 11) is -2.40. The van der Waals surface area contributed by atoms with Crippen LogP contribution in [0.4, 0.5) is 0 Å². The molecule has 0 fully saturated rings. The maximum atomic E-state index is 8.50. The first-order valence-electron chi connectivity index (χ1n) is 3.24. The molecular weight excluding hydrogens is 199 g/mol. The third-order valence-corrected chi connectivity index (χ3v) is 2.11. The molecule has 0 saturated heterocycles. The summed E-state index contributed by atoms with van der Waals surface area (Å²) in [5, 5.41) is 0. The molecule has 2 N–H and O–H groups in total. The summed E-state index contributed by atoms with van der Waals surface area (Å²) in [5.41, 5.74) is -0.0953. The van der Waals surface area contributed by atoms with Gasteiger partial charge in [-0.05, 0) is 5.56 Å². The van der Waals surface area contributed by atoms with E-state index in [4.69, 9.17) is 21.4 Å². The van der Waals surface area contributed by atoms with Crippen LogP contribution >= 0.6 is 20.2 Å². The van der Waals surface area contributed by atoms with Crippen LogP contribution in [0.15, 0.2) is 30.3 Å². The van der Waals surface area contributed by atoms with Crippen LogP contribution in [0.3, 0.4) is 0 Å². The fourth-order valence-electron chi connectivity index (χ4n) is 0.748. The smallest absolute Gasteiger partial charge is 0.328 e. The van der Waals surface area contributed by atoms with Gasteiger partial charge in [0.2, 0.25) is 0 Å². The minimum Gasteiger partial charge on any atom is -0.328 e. The Balaban J connectivity index is 2.59. The summed E-state index contributed by atoms with van der Waals surface area (Å²) in [6, 6.07) is 8.93. The van der Waals surface area contributed by atoms with Crippen LogP contribution in [-0.4, -0.2) is 9.79 Å². The molecule has 1 unspecified atom stereocenters. The van der Waals surface area contributed by atoms with E-state index in [0.717, 1.165) is 0 Å². The molecular formula is C7H8ClO3P. The van der Waals surface area contributed by atoms with Crippen molar-refractivity contribution in [1.29, 1.82) is 0 Å². The molecule has 66 valence electrons. The second-order valence-corrected chi connectivity index (χ2v) is 3.20. The van der Waals surface area contributed by atoms with Gasteiger partial charge in [-0.3, -0.25) is 4.52 Å². The van der Waals surface area contributed by atoms with Crippen LogP contribution < -0.4 is 0 Å². The Kier molecular flexibility index (Phi) is 3.92. The van der Waals surface area contributed by atoms with Gasteiger partial charge in [-0.25, -0.2) is 0 Å². The van der Waals surface area contributed by atoms with Crippen molar-refractivity contribution < 1.29 is 14.3 Å². The summed E-state index contributed by atoms with van der Waals surface area (Å²) in [5.74, 6) is 0. The molecule has 0 aliphatic rings. The molecule has 1 atom stereocenters. The lowest BCUT2D eigenvalue weighted by molar-refractivity contribution is 0.233. The second-order valence-electron chi connectivity index (χ2n) is 2.08. The number of hydrogen-bond acceptors (Lipinski definition) is 3. The molecule has 0 radical (unpaired) electrons. The summed E-state index contributed by atoms with van der Waals surface area (Å²) in [6.45, 7) is 0. The third-order valence-electron chi connectivity index (χ3n) is 1.25. The maximum absolute atomic E-state index is 8.50. The number of rotatable bonds is 3. The van der Waals surface area contributed by atoms with Gasteiger partial charge in [-0.2, -0.15) is 0 Å². The largest absolute Gasteiger partial charge is 0.328 e. The van der Waals surface area contributed by atoms with E-state index in [2.05, 4.69) is 4.52 Å². The monoisotopic (exact) mass is 206 g/mol. The van der Waals surface area contributed by atoms with Crippen LogP contribution in [0.1, 0.15) is 11.1 Å². The molecule has 5 heteroatoms. The molecule has 0 aliphatic carbocycles. The van der Waals surface area contributed by atoms with Crippen molar-refractivity contribution in [2.45, 2.75) is 5.56 Å². The summed E-state index contributed by atoms with van der Waals surface area (Å²) in [4.78, 5) is 17.0. The van der Waals surface area contributed by atoms with Crippen LogP contribution in [0, 0.1) is 0 Å². The maximum Gasteiger partial charge on any atom is 0.328 e. The summed E-state index contributed by atoms with van der Waals surface area (Å²) < 4.78 is 4.58. The molecule has 0 amide bonds. The first kappa shape index (κ1) is 9.90. The average Bonchev–Trinajstić information content (AvgIpc) is 2.05. The second kappa shape index (κ2) is 4.75. The zero-order chi connectivity index (χ0) is 8.97. The number of benzene rings is 1. The van der Waals surface area contributed by atoms with Gasteiger partial charge in [0.05, 0.1) is 0 Å². The van der Waals surface area contributed by atoms with E-state index in [1.165, 1.54) is 0 Å². The van der Waals surface area contributed by atoms with E-state index in [1.54, 1.807) is 24.3 Å². The molecule has 0 saturated carbocycles. The molecule has 0 heterocycles. The lowest BCUT2D eigenvalue weighted by Crippen LogP contribution is -1.91. The molecule has 1 rings (SSSR count). The minimum absolute atomic E-state index is 0.703. The van der Waals surface area contributed by atoms with Gasteiger partial charge < -0.3 is 9.79 Å². The average molecular weight is 207 g/mol. The number of hydrogen-bond donors (Lipinski definition) is 2. The highest BCUT2D eigenvalue weighted by atomic mass is 35.5. The highest BCUT2D eigenvalue weighted by Crippen LogP contribution is 2.36. The van der Waals surface area contributed by atoms with E-state index in [1.807, 2.05) is 6.07 Å². The first-order valence-corrected chi connectivity index (χ1v) is 4.84. The Labute approximate surface area is 76.6 Å². The van der Waals surface area contributed by atoms with E-state index in [-0.39, 0.29) is 0 Å². The van der Waals surface area contributed by atoms with Crippen LogP contribution in [0.25, 0.3) is 0 Å². The Hall–Kier alpha value is -0.180. The SMILES string of the molecule is OP(O)OC(Cl)c1ccccc1. The minimum atomic E-state index is -2.40. The van der Waals surface area contributed by atoms with Gasteiger partial charge in [0, 0.05) is 0 Å². The Morgan fingerprint density at radius 2 is 1.83 bits per heavy atom. The van der Waals surface area contributed by atoms with Gasteiger partial charge in [0.1, 0.15) is 0 Å². The van der Waals surface area contributed by atoms with Crippen molar-refractivity contribution in [1.82, 2.24) is 0 Å². The summed E-state index contributed by atoms with van der Waals surface area (Å²) in [6.07, 6.45) is 0. The topological polar surface area (TPSA) is 49.7 Å². The van der Waals surface area contributed by atoms with Crippen molar-refractivity contribution in [3.8, 4) is 0 Å². The van der Waals surface area contributed by atoms with Crippen LogP contribution in [0.2, 0.25) is 0 Å². The van der Waals surface area contributed by atoms with Crippen molar-refractivity contribution in [2.24, 2.45) is 0 Å². The predicted octanol–water partition coefficient (Wildman–Crippen LogP) is 2.15. The van der Waals surface area contributed by atoms with E-state index >= 15 is 0 Å². The normalized spacial score (nSPS) is 13.3. The summed E-state index contributed by atoms with van der Waals surface area (Å²) >= 11 is 5.68. The van der Waals surface area contributed by atoms with Crippen molar-refractivity contribution >= 4 is 20.2 Å². The van der Waals surface area contributed by atoms with Crippen LogP contribution in [-0.2, 0) is 4.52 Å². The fraction of sp³-hybridized carbons (Fsp3) is 0.143. The third kappa shape index (κ3) is 3.05. The highest BCUT2D eigenvalue weighted by molar-refractivity contribution is 7.39. The molecule has 1 aromatic carbocycles. The highest BCUT2D eigenvalue weighted by Gasteiger charge is 2.11. The van der Waals surface area contributed by atoms with Gasteiger partial charge in [-0.1, -0.05) is 41.9 Å². The van der Waals surface area contributed by atoms with E-state index in [9.17, 15) is 0 Å². The lowest BCUT2D eigenvalue weighted by Gasteiger charge is -2.10. The number of halogens is 1. The Bertz CT molecular complexity index is 229. The standard InChI is InChI=1S/C7H8ClO3P/c8-7(11-12(9)10)6-4-2-1-3-5-6/h1-5,7,9-10H. The Morgan fingerprint density at radius 1 is 1.25 bits per heavy atom. The van der Waals surface area contributed by atoms with E-state index < -0.39 is 14.2 Å². The number of alkyl halides is 1. The van der Waals surface area contributed by atoms with Gasteiger partial charge in [0.15, 0.2) is 5.56 Å². The van der Waals surface area contributed by atoms with Gasteiger partial charge in [0.25, 0.3) is 0 Å². The lowest BCUT2D eigenvalue weighted by atomic mass is 10.2. The van der Waals surface area contributed by atoms with Crippen molar-refractivity contribution in [3.63, 3.8) is 0 Å². The molecule has 1 aromatic rings. The predicted molar refractivity (Wildman–Crippen MR) is 47.5 cm³/mol. The molecule has 0 aliphatic heterocycles. The molecule has 0 spiro atoms.